The lowest BCUT2D eigenvalue weighted by atomic mass is 9.29. The van der Waals surface area contributed by atoms with Gasteiger partial charge in [0.05, 0.1) is 18.3 Å². The van der Waals surface area contributed by atoms with Crippen molar-refractivity contribution in [3.8, 4) is 0 Å². The summed E-state index contributed by atoms with van der Waals surface area (Å²) in [6.07, 6.45) is 2.06. The van der Waals surface area contributed by atoms with Crippen LogP contribution < -0.4 is 0 Å². The first-order chi connectivity index (χ1) is 16.8. The lowest BCUT2D eigenvalue weighted by molar-refractivity contribution is -0.319. The van der Waals surface area contributed by atoms with Crippen LogP contribution in [0.5, 0.6) is 0 Å². The Morgan fingerprint density at radius 3 is 1.97 bits per heavy atom. The van der Waals surface area contributed by atoms with Crippen molar-refractivity contribution >= 4 is 0 Å². The molecule has 0 aromatic carbocycles. The minimum Gasteiger partial charge on any atom is -0.393 e. The molecule has 4 aliphatic carbocycles. The number of fused-ring (bicyclic) bond motifs is 3. The summed E-state index contributed by atoms with van der Waals surface area (Å²) in [7, 11) is 0. The quantitative estimate of drug-likeness (QED) is 0.360. The number of hydrogen-bond acceptors (Lipinski definition) is 3. The fraction of sp³-hybridized carbons (Fsp3) is 1.00. The van der Waals surface area contributed by atoms with Crippen molar-refractivity contribution in [3.05, 3.63) is 0 Å². The predicted octanol–water partition coefficient (Wildman–Crippen LogP) is 7.28. The fourth-order valence-electron chi connectivity index (χ4n) is 12.6. The van der Waals surface area contributed by atoms with Crippen molar-refractivity contribution in [2.24, 2.45) is 86.8 Å². The van der Waals surface area contributed by atoms with E-state index in [0.29, 0.717) is 41.4 Å². The molecule has 4 fully saturated rings. The summed E-state index contributed by atoms with van der Waals surface area (Å²) in [4.78, 5) is 0. The van der Waals surface area contributed by atoms with E-state index in [1.807, 2.05) is 6.92 Å². The van der Waals surface area contributed by atoms with Crippen molar-refractivity contribution in [3.63, 3.8) is 0 Å². The van der Waals surface area contributed by atoms with Gasteiger partial charge in [-0.3, -0.25) is 0 Å². The van der Waals surface area contributed by atoms with Crippen LogP contribution >= 0.6 is 0 Å². The highest BCUT2D eigenvalue weighted by molar-refractivity contribution is 5.22. The molecular weight excluding hydrogens is 456 g/mol. The SMILES string of the molecule is CCC1CC(C(C)(C)C)C(C)C2C(O)C3C(C)C4(C)C(O)C(C(C)O)C(C)CC4(C)C(C)C3(C)C(C)C12. The van der Waals surface area contributed by atoms with Crippen LogP contribution in [0.25, 0.3) is 0 Å². The molecule has 17 atom stereocenters. The van der Waals surface area contributed by atoms with Gasteiger partial charge in [0.25, 0.3) is 0 Å². The summed E-state index contributed by atoms with van der Waals surface area (Å²) >= 11 is 0. The summed E-state index contributed by atoms with van der Waals surface area (Å²) in [5.41, 5.74) is -0.173. The lowest BCUT2D eigenvalue weighted by Crippen LogP contribution is -2.75. The molecule has 0 aromatic rings. The first kappa shape index (κ1) is 29.9. The van der Waals surface area contributed by atoms with Gasteiger partial charge in [-0.05, 0) is 95.2 Å². The van der Waals surface area contributed by atoms with Crippen LogP contribution in [0, 0.1) is 86.8 Å². The molecule has 4 saturated carbocycles. The van der Waals surface area contributed by atoms with Crippen molar-refractivity contribution in [1.82, 2.24) is 0 Å². The Hall–Kier alpha value is -0.120. The Morgan fingerprint density at radius 1 is 0.919 bits per heavy atom. The van der Waals surface area contributed by atoms with Crippen LogP contribution in [0.2, 0.25) is 0 Å². The van der Waals surface area contributed by atoms with E-state index >= 15 is 0 Å². The molecule has 0 spiro atoms. The second-order valence-electron chi connectivity index (χ2n) is 16.7. The Bertz CT molecular complexity index is 846. The molecule has 0 bridgehead atoms. The normalized spacial score (nSPS) is 59.2. The van der Waals surface area contributed by atoms with Crippen molar-refractivity contribution in [2.75, 3.05) is 0 Å². The molecule has 0 amide bonds. The third kappa shape index (κ3) is 3.67. The molecule has 0 aliphatic heterocycles. The van der Waals surface area contributed by atoms with Gasteiger partial charge in [-0.25, -0.2) is 0 Å². The van der Waals surface area contributed by atoms with Gasteiger partial charge in [0.1, 0.15) is 0 Å². The molecule has 3 heteroatoms. The summed E-state index contributed by atoms with van der Waals surface area (Å²) in [5, 5.41) is 35.5. The van der Waals surface area contributed by atoms with Gasteiger partial charge in [0.15, 0.2) is 0 Å². The van der Waals surface area contributed by atoms with Gasteiger partial charge in [-0.2, -0.15) is 0 Å². The van der Waals surface area contributed by atoms with E-state index in [1.165, 1.54) is 12.8 Å². The molecule has 3 nitrogen and oxygen atoms in total. The largest absolute Gasteiger partial charge is 0.393 e. The molecule has 17 unspecified atom stereocenters. The standard InChI is InChI=1S/C34H62O3/c1-14-23-15-24(31(8,9)10)18(3)26-27(23)19(4)33(12)22(7)32(11)16-17(2)25(21(6)35)30(37)34(32,13)20(5)28(33)29(26)36/h17-30,35-37H,14-16H2,1-13H3. The predicted molar refractivity (Wildman–Crippen MR) is 154 cm³/mol. The number of aliphatic hydroxyl groups excluding tert-OH is 3. The summed E-state index contributed by atoms with van der Waals surface area (Å²) < 4.78 is 0. The first-order valence-electron chi connectivity index (χ1n) is 15.9. The number of rotatable bonds is 2. The zero-order chi connectivity index (χ0) is 28.2. The van der Waals surface area contributed by atoms with Gasteiger partial charge < -0.3 is 15.3 Å². The van der Waals surface area contributed by atoms with Gasteiger partial charge in [0, 0.05) is 11.3 Å². The second kappa shape index (κ2) is 9.20. The molecule has 4 rings (SSSR count). The highest BCUT2D eigenvalue weighted by Crippen LogP contribution is 2.76. The second-order valence-corrected chi connectivity index (χ2v) is 16.7. The smallest absolute Gasteiger partial charge is 0.0657 e. The monoisotopic (exact) mass is 518 g/mol. The molecule has 0 saturated heterocycles. The van der Waals surface area contributed by atoms with Crippen LogP contribution in [-0.4, -0.2) is 33.6 Å². The van der Waals surface area contributed by atoms with E-state index in [9.17, 15) is 15.3 Å². The molecule has 37 heavy (non-hydrogen) atoms. The minimum absolute atomic E-state index is 0.00702. The Morgan fingerprint density at radius 2 is 1.49 bits per heavy atom. The third-order valence-corrected chi connectivity index (χ3v) is 15.0. The molecule has 3 N–H and O–H groups in total. The van der Waals surface area contributed by atoms with Crippen molar-refractivity contribution in [2.45, 2.75) is 128 Å². The van der Waals surface area contributed by atoms with E-state index in [1.54, 1.807) is 0 Å². The maximum atomic E-state index is 12.6. The van der Waals surface area contributed by atoms with Crippen LogP contribution in [-0.2, 0) is 0 Å². The van der Waals surface area contributed by atoms with Crippen molar-refractivity contribution in [1.29, 1.82) is 0 Å². The first-order valence-corrected chi connectivity index (χ1v) is 15.9. The third-order valence-electron chi connectivity index (χ3n) is 15.0. The van der Waals surface area contributed by atoms with Crippen molar-refractivity contribution < 1.29 is 15.3 Å². The summed E-state index contributed by atoms with van der Waals surface area (Å²) in [6, 6.07) is 0. The molecule has 0 radical (unpaired) electrons. The fourth-order valence-corrected chi connectivity index (χ4v) is 12.6. The summed E-state index contributed by atoms with van der Waals surface area (Å²) in [6.45, 7) is 30.8. The minimum atomic E-state index is -0.571. The molecular formula is C34H62O3. The van der Waals surface area contributed by atoms with E-state index in [-0.39, 0.29) is 51.4 Å². The highest BCUT2D eigenvalue weighted by atomic mass is 16.3. The maximum Gasteiger partial charge on any atom is 0.0657 e. The maximum absolute atomic E-state index is 12.6. The highest BCUT2D eigenvalue weighted by Gasteiger charge is 2.74. The topological polar surface area (TPSA) is 60.7 Å². The molecule has 0 aromatic heterocycles. The zero-order valence-electron chi connectivity index (χ0n) is 26.5. The van der Waals surface area contributed by atoms with Gasteiger partial charge in [-0.15, -0.1) is 0 Å². The van der Waals surface area contributed by atoms with Gasteiger partial charge in [0.2, 0.25) is 0 Å². The van der Waals surface area contributed by atoms with Crippen LogP contribution in [0.1, 0.15) is 109 Å². The van der Waals surface area contributed by atoms with E-state index < -0.39 is 12.2 Å². The van der Waals surface area contributed by atoms with Crippen LogP contribution in [0.15, 0.2) is 0 Å². The van der Waals surface area contributed by atoms with Gasteiger partial charge >= 0.3 is 0 Å². The van der Waals surface area contributed by atoms with Gasteiger partial charge in [-0.1, -0.05) is 89.5 Å². The summed E-state index contributed by atoms with van der Waals surface area (Å²) in [5.74, 6) is 3.99. The van der Waals surface area contributed by atoms with Crippen LogP contribution in [0.3, 0.4) is 0 Å². The Kier molecular flexibility index (Phi) is 7.42. The molecule has 0 heterocycles. The average molecular weight is 519 g/mol. The number of hydrogen-bond donors (Lipinski definition) is 3. The lowest BCUT2D eigenvalue weighted by Gasteiger charge is -2.76. The van der Waals surface area contributed by atoms with Crippen LogP contribution in [0.4, 0.5) is 0 Å². The molecule has 4 aliphatic rings. The van der Waals surface area contributed by atoms with E-state index in [0.717, 1.165) is 6.42 Å². The Labute approximate surface area is 229 Å². The molecule has 216 valence electrons. The van der Waals surface area contributed by atoms with E-state index in [4.69, 9.17) is 0 Å². The average Bonchev–Trinajstić information content (AvgIpc) is 2.78. The Balaban J connectivity index is 1.88. The number of aliphatic hydroxyl groups is 3. The van der Waals surface area contributed by atoms with E-state index in [2.05, 4.69) is 83.1 Å². The zero-order valence-corrected chi connectivity index (χ0v) is 26.5.